The summed E-state index contributed by atoms with van der Waals surface area (Å²) in [5.74, 6) is 6.18. The lowest BCUT2D eigenvalue weighted by Crippen LogP contribution is -2.28. The van der Waals surface area contributed by atoms with Gasteiger partial charge < -0.3 is 5.73 Å². The van der Waals surface area contributed by atoms with Crippen molar-refractivity contribution >= 4 is 10.0 Å². The third-order valence-corrected chi connectivity index (χ3v) is 5.11. The third kappa shape index (κ3) is 4.85. The van der Waals surface area contributed by atoms with Gasteiger partial charge in [-0.3, -0.25) is 0 Å². The first-order valence-electron chi connectivity index (χ1n) is 7.05. The molecule has 0 unspecified atom stereocenters. The van der Waals surface area contributed by atoms with Gasteiger partial charge in [-0.25, -0.2) is 12.7 Å². The van der Waals surface area contributed by atoms with Crippen molar-refractivity contribution in [2.75, 3.05) is 20.1 Å². The Morgan fingerprint density at radius 2 is 2.00 bits per heavy atom. The average molecular weight is 308 g/mol. The quantitative estimate of drug-likeness (QED) is 0.846. The number of benzene rings is 1. The zero-order valence-electron chi connectivity index (χ0n) is 13.2. The molecular weight excluding hydrogens is 284 g/mol. The molecule has 0 aliphatic carbocycles. The van der Waals surface area contributed by atoms with Crippen LogP contribution in [0.4, 0.5) is 0 Å². The van der Waals surface area contributed by atoms with E-state index in [9.17, 15) is 8.42 Å². The molecule has 0 atom stereocenters. The third-order valence-electron chi connectivity index (χ3n) is 3.25. The summed E-state index contributed by atoms with van der Waals surface area (Å²) in [4.78, 5) is 0.310. The number of nitrogens with zero attached hydrogens (tertiary/aromatic N) is 1. The van der Waals surface area contributed by atoms with Crippen molar-refractivity contribution in [2.24, 2.45) is 11.7 Å². The first kappa shape index (κ1) is 17.7. The van der Waals surface area contributed by atoms with Gasteiger partial charge in [-0.1, -0.05) is 25.7 Å². The number of sulfonamides is 1. The molecule has 1 aromatic carbocycles. The van der Waals surface area contributed by atoms with E-state index in [4.69, 9.17) is 5.73 Å². The second-order valence-corrected chi connectivity index (χ2v) is 7.54. The van der Waals surface area contributed by atoms with Crippen LogP contribution in [-0.4, -0.2) is 32.9 Å². The number of aryl methyl sites for hydroxylation is 1. The van der Waals surface area contributed by atoms with Gasteiger partial charge in [-0.2, -0.15) is 0 Å². The van der Waals surface area contributed by atoms with Crippen LogP contribution >= 0.6 is 0 Å². The van der Waals surface area contributed by atoms with Gasteiger partial charge >= 0.3 is 0 Å². The minimum absolute atomic E-state index is 0.289. The van der Waals surface area contributed by atoms with Crippen LogP contribution in [0.25, 0.3) is 0 Å². The maximum absolute atomic E-state index is 12.5. The Bertz CT molecular complexity index is 640. The first-order valence-corrected chi connectivity index (χ1v) is 8.49. The second-order valence-electron chi connectivity index (χ2n) is 5.49. The standard InChI is InChI=1S/C16H24N2O2S/c1-13(2)9-11-18(4)21(19,20)16-8-7-15(6-5-10-17)14(3)12-16/h7-8,12-13H,9-11,17H2,1-4H3. The average Bonchev–Trinajstić information content (AvgIpc) is 2.43. The lowest BCUT2D eigenvalue weighted by Gasteiger charge is -2.18. The summed E-state index contributed by atoms with van der Waals surface area (Å²) in [6.07, 6.45) is 0.842. The summed E-state index contributed by atoms with van der Waals surface area (Å²) in [5, 5.41) is 0. The fraction of sp³-hybridized carbons (Fsp3) is 0.500. The Morgan fingerprint density at radius 3 is 2.52 bits per heavy atom. The van der Waals surface area contributed by atoms with Gasteiger partial charge in [-0.15, -0.1) is 0 Å². The molecule has 116 valence electrons. The highest BCUT2D eigenvalue weighted by molar-refractivity contribution is 7.89. The van der Waals surface area contributed by atoms with E-state index >= 15 is 0 Å². The number of nitrogens with two attached hydrogens (primary N) is 1. The summed E-state index contributed by atoms with van der Waals surface area (Å²) in [6.45, 7) is 6.82. The molecule has 21 heavy (non-hydrogen) atoms. The monoisotopic (exact) mass is 308 g/mol. The minimum atomic E-state index is -3.43. The fourth-order valence-corrected chi connectivity index (χ4v) is 3.09. The van der Waals surface area contributed by atoms with E-state index in [1.165, 1.54) is 4.31 Å². The van der Waals surface area contributed by atoms with Crippen molar-refractivity contribution in [2.45, 2.75) is 32.1 Å². The number of hydrogen-bond donors (Lipinski definition) is 1. The van der Waals surface area contributed by atoms with E-state index in [-0.39, 0.29) is 6.54 Å². The van der Waals surface area contributed by atoms with Crippen LogP contribution < -0.4 is 5.73 Å². The molecule has 0 aliphatic heterocycles. The maximum atomic E-state index is 12.5. The zero-order valence-corrected chi connectivity index (χ0v) is 14.0. The van der Waals surface area contributed by atoms with Gasteiger partial charge in [0, 0.05) is 19.2 Å². The molecule has 0 fully saturated rings. The van der Waals surface area contributed by atoms with Gasteiger partial charge in [0.25, 0.3) is 0 Å². The summed E-state index contributed by atoms with van der Waals surface area (Å²) in [6, 6.07) is 5.01. The van der Waals surface area contributed by atoms with Crippen molar-refractivity contribution in [3.63, 3.8) is 0 Å². The molecule has 0 bridgehead atoms. The highest BCUT2D eigenvalue weighted by Gasteiger charge is 2.21. The van der Waals surface area contributed by atoms with Crippen LogP contribution in [0, 0.1) is 24.7 Å². The van der Waals surface area contributed by atoms with Crippen LogP contribution in [0.1, 0.15) is 31.4 Å². The summed E-state index contributed by atoms with van der Waals surface area (Å²) < 4.78 is 26.4. The topological polar surface area (TPSA) is 63.4 Å². The van der Waals surface area contributed by atoms with Gasteiger partial charge in [0.2, 0.25) is 10.0 Å². The van der Waals surface area contributed by atoms with Crippen molar-refractivity contribution in [3.05, 3.63) is 29.3 Å². The molecule has 0 saturated heterocycles. The molecule has 0 radical (unpaired) electrons. The predicted molar refractivity (Wildman–Crippen MR) is 86.4 cm³/mol. The van der Waals surface area contributed by atoms with E-state index in [2.05, 4.69) is 25.7 Å². The van der Waals surface area contributed by atoms with Crippen molar-refractivity contribution < 1.29 is 8.42 Å². The summed E-state index contributed by atoms with van der Waals surface area (Å²) in [7, 11) is -1.81. The molecule has 1 aromatic rings. The Morgan fingerprint density at radius 1 is 1.33 bits per heavy atom. The molecule has 0 aromatic heterocycles. The molecule has 1 rings (SSSR count). The van der Waals surface area contributed by atoms with Crippen molar-refractivity contribution in [3.8, 4) is 11.8 Å². The smallest absolute Gasteiger partial charge is 0.242 e. The molecule has 0 saturated carbocycles. The van der Waals surface area contributed by atoms with E-state index in [0.717, 1.165) is 17.5 Å². The van der Waals surface area contributed by atoms with Crippen LogP contribution in [0.2, 0.25) is 0 Å². The minimum Gasteiger partial charge on any atom is -0.320 e. The SMILES string of the molecule is Cc1cc(S(=O)(=O)N(C)CCC(C)C)ccc1C#CCN. The lowest BCUT2D eigenvalue weighted by atomic mass is 10.1. The fourth-order valence-electron chi connectivity index (χ4n) is 1.82. The number of rotatable bonds is 5. The molecular formula is C16H24N2O2S. The Labute approximate surface area is 128 Å². The van der Waals surface area contributed by atoms with Crippen LogP contribution in [0.15, 0.2) is 23.1 Å². The summed E-state index contributed by atoms with van der Waals surface area (Å²) >= 11 is 0. The van der Waals surface area contributed by atoms with Gasteiger partial charge in [0.15, 0.2) is 0 Å². The number of hydrogen-bond acceptors (Lipinski definition) is 3. The Hall–Kier alpha value is -1.35. The van der Waals surface area contributed by atoms with Crippen molar-refractivity contribution in [1.29, 1.82) is 0 Å². The summed E-state index contributed by atoms with van der Waals surface area (Å²) in [5.41, 5.74) is 7.00. The molecule has 4 nitrogen and oxygen atoms in total. The maximum Gasteiger partial charge on any atom is 0.242 e. The van der Waals surface area contributed by atoms with Crippen molar-refractivity contribution in [1.82, 2.24) is 4.31 Å². The van der Waals surface area contributed by atoms with Crippen LogP contribution in [-0.2, 0) is 10.0 Å². The normalized spacial score (nSPS) is 11.6. The predicted octanol–water partition coefficient (Wildman–Crippen LogP) is 1.97. The van der Waals surface area contributed by atoms with Gasteiger partial charge in [-0.05, 0) is 43.0 Å². The van der Waals surface area contributed by atoms with E-state index in [1.807, 2.05) is 6.92 Å². The molecule has 0 heterocycles. The Kier molecular flexibility index (Phi) is 6.41. The van der Waals surface area contributed by atoms with E-state index in [0.29, 0.717) is 17.4 Å². The molecule has 2 N–H and O–H groups in total. The zero-order chi connectivity index (χ0) is 16.0. The highest BCUT2D eigenvalue weighted by Crippen LogP contribution is 2.19. The molecule has 0 spiro atoms. The van der Waals surface area contributed by atoms with Gasteiger partial charge in [0.1, 0.15) is 0 Å². The van der Waals surface area contributed by atoms with Crippen LogP contribution in [0.3, 0.4) is 0 Å². The molecule has 5 heteroatoms. The van der Waals surface area contributed by atoms with E-state index < -0.39 is 10.0 Å². The van der Waals surface area contributed by atoms with Gasteiger partial charge in [0.05, 0.1) is 11.4 Å². The second kappa shape index (κ2) is 7.60. The Balaban J connectivity index is 3.01. The van der Waals surface area contributed by atoms with Crippen LogP contribution in [0.5, 0.6) is 0 Å². The molecule has 0 amide bonds. The molecule has 0 aliphatic rings. The van der Waals surface area contributed by atoms with E-state index in [1.54, 1.807) is 25.2 Å². The largest absolute Gasteiger partial charge is 0.320 e. The lowest BCUT2D eigenvalue weighted by molar-refractivity contribution is 0.428. The highest BCUT2D eigenvalue weighted by atomic mass is 32.2. The first-order chi connectivity index (χ1) is 9.78.